The SMILES string of the molecule is Cl.N#CCCC[C@@H](N)C(=O)Nc1ccccc1. The molecule has 0 radical (unpaired) electrons. The van der Waals surface area contributed by atoms with Gasteiger partial charge in [0, 0.05) is 12.1 Å². The van der Waals surface area contributed by atoms with Crippen LogP contribution in [-0.4, -0.2) is 11.9 Å². The molecule has 0 aromatic heterocycles. The molecular weight excluding hydrogens is 238 g/mol. The summed E-state index contributed by atoms with van der Waals surface area (Å²) in [6, 6.07) is 10.7. The number of halogens is 1. The summed E-state index contributed by atoms with van der Waals surface area (Å²) in [5, 5.41) is 11.1. The molecule has 1 amide bonds. The zero-order valence-corrected chi connectivity index (χ0v) is 10.2. The van der Waals surface area contributed by atoms with Gasteiger partial charge in [0.05, 0.1) is 12.1 Å². The molecule has 0 saturated carbocycles. The van der Waals surface area contributed by atoms with Gasteiger partial charge >= 0.3 is 0 Å². The maximum atomic E-state index is 11.6. The highest BCUT2D eigenvalue weighted by Gasteiger charge is 2.12. The van der Waals surface area contributed by atoms with Crippen LogP contribution >= 0.6 is 12.4 Å². The first-order valence-electron chi connectivity index (χ1n) is 5.22. The van der Waals surface area contributed by atoms with Gasteiger partial charge in [-0.2, -0.15) is 5.26 Å². The predicted molar refractivity (Wildman–Crippen MR) is 69.8 cm³/mol. The summed E-state index contributed by atoms with van der Waals surface area (Å²) in [5.41, 5.74) is 6.42. The van der Waals surface area contributed by atoms with Gasteiger partial charge in [-0.1, -0.05) is 18.2 Å². The number of hydrogen-bond donors (Lipinski definition) is 2. The highest BCUT2D eigenvalue weighted by Crippen LogP contribution is 2.06. The minimum absolute atomic E-state index is 0. The lowest BCUT2D eigenvalue weighted by Crippen LogP contribution is -2.35. The Labute approximate surface area is 107 Å². The number of nitrogens with zero attached hydrogens (tertiary/aromatic N) is 1. The summed E-state index contributed by atoms with van der Waals surface area (Å²) in [7, 11) is 0. The number of anilines is 1. The van der Waals surface area contributed by atoms with Crippen molar-refractivity contribution in [2.75, 3.05) is 5.32 Å². The van der Waals surface area contributed by atoms with Gasteiger partial charge in [0.15, 0.2) is 0 Å². The number of nitriles is 1. The number of amides is 1. The fourth-order valence-electron chi connectivity index (χ4n) is 1.29. The molecule has 0 saturated heterocycles. The second-order valence-corrected chi connectivity index (χ2v) is 3.51. The molecule has 0 aliphatic carbocycles. The Kier molecular flexibility index (Phi) is 7.78. The second-order valence-electron chi connectivity index (χ2n) is 3.51. The van der Waals surface area contributed by atoms with Crippen molar-refractivity contribution in [3.63, 3.8) is 0 Å². The Morgan fingerprint density at radius 2 is 2.06 bits per heavy atom. The molecule has 0 heterocycles. The molecule has 1 atom stereocenters. The van der Waals surface area contributed by atoms with Crippen LogP contribution in [0.1, 0.15) is 19.3 Å². The minimum atomic E-state index is -0.548. The molecule has 0 aliphatic rings. The fraction of sp³-hybridized carbons (Fsp3) is 0.333. The third-order valence-corrected chi connectivity index (χ3v) is 2.18. The van der Waals surface area contributed by atoms with E-state index in [0.717, 1.165) is 5.69 Å². The van der Waals surface area contributed by atoms with Crippen molar-refractivity contribution in [3.8, 4) is 6.07 Å². The Balaban J connectivity index is 0.00000256. The predicted octanol–water partition coefficient (Wildman–Crippen LogP) is 2.07. The molecule has 1 aromatic carbocycles. The highest BCUT2D eigenvalue weighted by molar-refractivity contribution is 5.94. The van der Waals surface area contributed by atoms with Crippen LogP contribution in [0, 0.1) is 11.3 Å². The minimum Gasteiger partial charge on any atom is -0.325 e. The lowest BCUT2D eigenvalue weighted by atomic mass is 10.1. The maximum absolute atomic E-state index is 11.6. The summed E-state index contributed by atoms with van der Waals surface area (Å²) >= 11 is 0. The molecule has 1 rings (SSSR count). The Morgan fingerprint density at radius 1 is 1.41 bits per heavy atom. The van der Waals surface area contributed by atoms with Crippen molar-refractivity contribution in [2.24, 2.45) is 5.73 Å². The van der Waals surface area contributed by atoms with Crippen molar-refractivity contribution in [1.82, 2.24) is 0 Å². The number of carbonyl (C=O) groups excluding carboxylic acids is 1. The molecule has 0 fully saturated rings. The number of hydrogen-bond acceptors (Lipinski definition) is 3. The molecule has 0 aliphatic heterocycles. The number of nitrogens with one attached hydrogen (secondary N) is 1. The Morgan fingerprint density at radius 3 is 2.65 bits per heavy atom. The maximum Gasteiger partial charge on any atom is 0.241 e. The summed E-state index contributed by atoms with van der Waals surface area (Å²) in [4.78, 5) is 11.6. The zero-order valence-electron chi connectivity index (χ0n) is 9.43. The monoisotopic (exact) mass is 253 g/mol. The molecule has 0 bridgehead atoms. The molecule has 5 heteroatoms. The Hall–Kier alpha value is -1.57. The van der Waals surface area contributed by atoms with Crippen molar-refractivity contribution < 1.29 is 4.79 Å². The summed E-state index contributed by atoms with van der Waals surface area (Å²) < 4.78 is 0. The number of unbranched alkanes of at least 4 members (excludes halogenated alkanes) is 1. The van der Waals surface area contributed by atoms with Crippen molar-refractivity contribution in [2.45, 2.75) is 25.3 Å². The van der Waals surface area contributed by atoms with Gasteiger partial charge < -0.3 is 11.1 Å². The van der Waals surface area contributed by atoms with Crippen LogP contribution in [0.2, 0.25) is 0 Å². The third kappa shape index (κ3) is 5.91. The smallest absolute Gasteiger partial charge is 0.241 e. The van der Waals surface area contributed by atoms with Crippen LogP contribution in [-0.2, 0) is 4.79 Å². The third-order valence-electron chi connectivity index (χ3n) is 2.18. The quantitative estimate of drug-likeness (QED) is 0.789. The van der Waals surface area contributed by atoms with E-state index in [9.17, 15) is 4.79 Å². The molecule has 1 aromatic rings. The number of carbonyl (C=O) groups is 1. The van der Waals surface area contributed by atoms with E-state index in [2.05, 4.69) is 5.32 Å². The molecule has 3 N–H and O–H groups in total. The summed E-state index contributed by atoms with van der Waals surface area (Å²) in [6.45, 7) is 0. The van der Waals surface area contributed by atoms with E-state index in [4.69, 9.17) is 11.0 Å². The van der Waals surface area contributed by atoms with Crippen LogP contribution in [0.4, 0.5) is 5.69 Å². The number of rotatable bonds is 5. The average Bonchev–Trinajstić information content (AvgIpc) is 2.30. The fourth-order valence-corrected chi connectivity index (χ4v) is 1.29. The van der Waals surface area contributed by atoms with Crippen LogP contribution < -0.4 is 11.1 Å². The largest absolute Gasteiger partial charge is 0.325 e. The van der Waals surface area contributed by atoms with E-state index in [0.29, 0.717) is 19.3 Å². The van der Waals surface area contributed by atoms with Gasteiger partial charge in [0.1, 0.15) is 0 Å². The van der Waals surface area contributed by atoms with Gasteiger partial charge in [0.2, 0.25) is 5.91 Å². The van der Waals surface area contributed by atoms with E-state index >= 15 is 0 Å². The van der Waals surface area contributed by atoms with Gasteiger partial charge in [-0.25, -0.2) is 0 Å². The van der Waals surface area contributed by atoms with E-state index in [1.807, 2.05) is 24.3 Å². The normalized spacial score (nSPS) is 10.8. The van der Waals surface area contributed by atoms with Crippen molar-refractivity contribution in [3.05, 3.63) is 30.3 Å². The Bertz CT molecular complexity index is 375. The van der Waals surface area contributed by atoms with Gasteiger partial charge in [-0.3, -0.25) is 4.79 Å². The number of benzene rings is 1. The molecule has 4 nitrogen and oxygen atoms in total. The molecular formula is C12H16ClN3O. The summed E-state index contributed by atoms with van der Waals surface area (Å²) in [6.07, 6.45) is 1.62. The van der Waals surface area contributed by atoms with E-state index in [1.165, 1.54) is 0 Å². The van der Waals surface area contributed by atoms with Crippen LogP contribution in [0.25, 0.3) is 0 Å². The first kappa shape index (κ1) is 15.4. The molecule has 0 unspecified atom stereocenters. The summed E-state index contributed by atoms with van der Waals surface area (Å²) in [5.74, 6) is -0.205. The van der Waals surface area contributed by atoms with E-state index < -0.39 is 6.04 Å². The van der Waals surface area contributed by atoms with Crippen molar-refractivity contribution >= 4 is 24.0 Å². The van der Waals surface area contributed by atoms with Crippen LogP contribution in [0.15, 0.2) is 30.3 Å². The molecule has 17 heavy (non-hydrogen) atoms. The number of para-hydroxylation sites is 1. The molecule has 0 spiro atoms. The topological polar surface area (TPSA) is 78.9 Å². The first-order valence-corrected chi connectivity index (χ1v) is 5.22. The van der Waals surface area contributed by atoms with Crippen molar-refractivity contribution in [1.29, 1.82) is 5.26 Å². The first-order chi connectivity index (χ1) is 7.74. The van der Waals surface area contributed by atoms with Crippen LogP contribution in [0.3, 0.4) is 0 Å². The van der Waals surface area contributed by atoms with Gasteiger partial charge in [-0.05, 0) is 25.0 Å². The highest BCUT2D eigenvalue weighted by atomic mass is 35.5. The lowest BCUT2D eigenvalue weighted by molar-refractivity contribution is -0.117. The van der Waals surface area contributed by atoms with E-state index in [-0.39, 0.29) is 18.3 Å². The molecule has 92 valence electrons. The second kappa shape index (κ2) is 8.57. The van der Waals surface area contributed by atoms with Gasteiger partial charge in [-0.15, -0.1) is 12.4 Å². The van der Waals surface area contributed by atoms with E-state index in [1.54, 1.807) is 12.1 Å². The van der Waals surface area contributed by atoms with Gasteiger partial charge in [0.25, 0.3) is 0 Å². The average molecular weight is 254 g/mol. The van der Waals surface area contributed by atoms with Crippen LogP contribution in [0.5, 0.6) is 0 Å². The standard InChI is InChI=1S/C12H15N3O.ClH/c13-9-5-4-8-11(14)12(16)15-10-6-2-1-3-7-10;/h1-3,6-7,11H,4-5,8,14H2,(H,15,16);1H/t11-;/m1./s1. The lowest BCUT2D eigenvalue weighted by Gasteiger charge is -2.11. The zero-order chi connectivity index (χ0) is 11.8. The number of nitrogens with two attached hydrogens (primary N) is 1.